The van der Waals surface area contributed by atoms with Crippen molar-refractivity contribution in [2.24, 2.45) is 0 Å². The Morgan fingerprint density at radius 2 is 2.31 bits per heavy atom. The standard InChI is InChI=1S/C11H21NO4/c1-3-16-11(13)9-15-7-6-12-5-4-10(8-12)14-2/h10H,3-9H2,1-2H3. The van der Waals surface area contributed by atoms with Gasteiger partial charge in [0.1, 0.15) is 6.61 Å². The van der Waals surface area contributed by atoms with E-state index in [1.54, 1.807) is 14.0 Å². The minimum atomic E-state index is -0.293. The molecule has 0 spiro atoms. The van der Waals surface area contributed by atoms with Crippen LogP contribution in [0.4, 0.5) is 0 Å². The highest BCUT2D eigenvalue weighted by Gasteiger charge is 2.21. The van der Waals surface area contributed by atoms with Crippen molar-refractivity contribution in [2.75, 3.05) is 46.6 Å². The lowest BCUT2D eigenvalue weighted by molar-refractivity contribution is -0.148. The van der Waals surface area contributed by atoms with Gasteiger partial charge in [-0.1, -0.05) is 0 Å². The normalized spacial score (nSPS) is 21.2. The van der Waals surface area contributed by atoms with Crippen LogP contribution in [0.5, 0.6) is 0 Å². The van der Waals surface area contributed by atoms with Crippen molar-refractivity contribution in [3.63, 3.8) is 0 Å². The molecule has 1 aliphatic rings. The Morgan fingerprint density at radius 3 is 2.94 bits per heavy atom. The molecule has 16 heavy (non-hydrogen) atoms. The van der Waals surface area contributed by atoms with Crippen molar-refractivity contribution in [1.82, 2.24) is 4.90 Å². The summed E-state index contributed by atoms with van der Waals surface area (Å²) in [5.74, 6) is -0.293. The van der Waals surface area contributed by atoms with Gasteiger partial charge >= 0.3 is 5.97 Å². The largest absolute Gasteiger partial charge is 0.464 e. The number of rotatable bonds is 7. The molecule has 0 aromatic rings. The van der Waals surface area contributed by atoms with Crippen LogP contribution in [0.3, 0.4) is 0 Å². The van der Waals surface area contributed by atoms with E-state index in [0.717, 1.165) is 26.1 Å². The van der Waals surface area contributed by atoms with Crippen LogP contribution in [0.15, 0.2) is 0 Å². The van der Waals surface area contributed by atoms with Crippen LogP contribution >= 0.6 is 0 Å². The Morgan fingerprint density at radius 1 is 1.50 bits per heavy atom. The second-order valence-electron chi connectivity index (χ2n) is 3.80. The van der Waals surface area contributed by atoms with Crippen LogP contribution in [0.25, 0.3) is 0 Å². The summed E-state index contributed by atoms with van der Waals surface area (Å²) in [6, 6.07) is 0. The first kappa shape index (κ1) is 13.4. The summed E-state index contributed by atoms with van der Waals surface area (Å²) in [4.78, 5) is 13.2. The van der Waals surface area contributed by atoms with E-state index in [-0.39, 0.29) is 12.6 Å². The highest BCUT2D eigenvalue weighted by molar-refractivity contribution is 5.70. The summed E-state index contributed by atoms with van der Waals surface area (Å²) in [7, 11) is 1.74. The summed E-state index contributed by atoms with van der Waals surface area (Å²) in [6.07, 6.45) is 1.43. The number of carbonyl (C=O) groups is 1. The van der Waals surface area contributed by atoms with E-state index < -0.39 is 0 Å². The molecule has 94 valence electrons. The predicted octanol–water partition coefficient (Wildman–Crippen LogP) is 0.287. The van der Waals surface area contributed by atoms with Gasteiger partial charge in [-0.25, -0.2) is 4.79 Å². The lowest BCUT2D eigenvalue weighted by Gasteiger charge is -2.15. The van der Waals surface area contributed by atoms with Gasteiger partial charge in [-0.2, -0.15) is 0 Å². The van der Waals surface area contributed by atoms with E-state index >= 15 is 0 Å². The van der Waals surface area contributed by atoms with Crippen molar-refractivity contribution in [2.45, 2.75) is 19.4 Å². The number of nitrogens with zero attached hydrogens (tertiary/aromatic N) is 1. The monoisotopic (exact) mass is 231 g/mol. The molecule has 1 heterocycles. The molecule has 0 aliphatic carbocycles. The maximum absolute atomic E-state index is 11.0. The molecule has 0 radical (unpaired) electrons. The number of esters is 1. The third-order valence-electron chi connectivity index (χ3n) is 2.64. The molecule has 0 N–H and O–H groups in total. The minimum Gasteiger partial charge on any atom is -0.464 e. The van der Waals surface area contributed by atoms with E-state index in [0.29, 0.717) is 19.3 Å². The van der Waals surface area contributed by atoms with Crippen molar-refractivity contribution in [3.05, 3.63) is 0 Å². The van der Waals surface area contributed by atoms with E-state index in [1.807, 2.05) is 0 Å². The lowest BCUT2D eigenvalue weighted by Crippen LogP contribution is -2.27. The van der Waals surface area contributed by atoms with Gasteiger partial charge in [0.25, 0.3) is 0 Å². The second kappa shape index (κ2) is 7.60. The van der Waals surface area contributed by atoms with Crippen LogP contribution in [0.2, 0.25) is 0 Å². The zero-order valence-electron chi connectivity index (χ0n) is 10.1. The molecule has 5 heteroatoms. The topological polar surface area (TPSA) is 48.0 Å². The van der Waals surface area contributed by atoms with Gasteiger partial charge in [0.05, 0.1) is 19.3 Å². The third-order valence-corrected chi connectivity index (χ3v) is 2.64. The maximum atomic E-state index is 11.0. The number of methoxy groups -OCH3 is 1. The van der Waals surface area contributed by atoms with Crippen LogP contribution in [0, 0.1) is 0 Å². The van der Waals surface area contributed by atoms with Crippen LogP contribution in [0.1, 0.15) is 13.3 Å². The Labute approximate surface area is 96.6 Å². The van der Waals surface area contributed by atoms with Gasteiger partial charge in [-0.15, -0.1) is 0 Å². The third kappa shape index (κ3) is 4.92. The molecular weight excluding hydrogens is 210 g/mol. The molecule has 1 saturated heterocycles. The van der Waals surface area contributed by atoms with Crippen LogP contribution in [-0.2, 0) is 19.0 Å². The fourth-order valence-corrected chi connectivity index (χ4v) is 1.74. The zero-order valence-corrected chi connectivity index (χ0v) is 10.1. The first-order chi connectivity index (χ1) is 7.76. The molecule has 1 fully saturated rings. The Bertz CT molecular complexity index is 210. The molecule has 5 nitrogen and oxygen atoms in total. The van der Waals surface area contributed by atoms with Gasteiger partial charge in [0, 0.05) is 26.7 Å². The fourth-order valence-electron chi connectivity index (χ4n) is 1.74. The Hall–Kier alpha value is -0.650. The van der Waals surface area contributed by atoms with Gasteiger partial charge in [-0.3, -0.25) is 4.90 Å². The lowest BCUT2D eigenvalue weighted by atomic mass is 10.3. The molecular formula is C11H21NO4. The van der Waals surface area contributed by atoms with Crippen LogP contribution < -0.4 is 0 Å². The quantitative estimate of drug-likeness (QED) is 0.465. The molecule has 0 bridgehead atoms. The summed E-state index contributed by atoms with van der Waals surface area (Å²) < 4.78 is 15.2. The average Bonchev–Trinajstić information content (AvgIpc) is 2.73. The molecule has 1 atom stereocenters. The number of likely N-dealkylation sites (tertiary alicyclic amines) is 1. The van der Waals surface area contributed by atoms with Gasteiger partial charge in [0.15, 0.2) is 0 Å². The molecule has 0 saturated carbocycles. The first-order valence-electron chi connectivity index (χ1n) is 5.74. The first-order valence-corrected chi connectivity index (χ1v) is 5.74. The summed E-state index contributed by atoms with van der Waals surface area (Å²) in [5.41, 5.74) is 0. The predicted molar refractivity (Wildman–Crippen MR) is 59.3 cm³/mol. The highest BCUT2D eigenvalue weighted by Crippen LogP contribution is 2.10. The van der Waals surface area contributed by atoms with E-state index in [1.165, 1.54) is 0 Å². The van der Waals surface area contributed by atoms with Gasteiger partial charge in [0.2, 0.25) is 0 Å². The maximum Gasteiger partial charge on any atom is 0.332 e. The van der Waals surface area contributed by atoms with E-state index in [2.05, 4.69) is 4.90 Å². The number of carbonyl (C=O) groups excluding carboxylic acids is 1. The van der Waals surface area contributed by atoms with E-state index in [9.17, 15) is 4.79 Å². The SMILES string of the molecule is CCOC(=O)COCCN1CCC(OC)C1. The highest BCUT2D eigenvalue weighted by atomic mass is 16.6. The number of hydrogen-bond donors (Lipinski definition) is 0. The number of hydrogen-bond acceptors (Lipinski definition) is 5. The molecule has 1 aliphatic heterocycles. The Kier molecular flexibility index (Phi) is 6.37. The second-order valence-corrected chi connectivity index (χ2v) is 3.80. The van der Waals surface area contributed by atoms with Gasteiger partial charge < -0.3 is 14.2 Å². The molecule has 1 rings (SSSR count). The van der Waals surface area contributed by atoms with Crippen molar-refractivity contribution in [3.8, 4) is 0 Å². The fraction of sp³-hybridized carbons (Fsp3) is 0.909. The molecule has 0 amide bonds. The molecule has 1 unspecified atom stereocenters. The smallest absolute Gasteiger partial charge is 0.332 e. The Balaban J connectivity index is 1.97. The van der Waals surface area contributed by atoms with Gasteiger partial charge in [-0.05, 0) is 13.3 Å². The van der Waals surface area contributed by atoms with Crippen molar-refractivity contribution in [1.29, 1.82) is 0 Å². The average molecular weight is 231 g/mol. The summed E-state index contributed by atoms with van der Waals surface area (Å²) >= 11 is 0. The summed E-state index contributed by atoms with van der Waals surface area (Å²) in [5, 5.41) is 0. The van der Waals surface area contributed by atoms with Crippen molar-refractivity contribution < 1.29 is 19.0 Å². The van der Waals surface area contributed by atoms with Crippen molar-refractivity contribution >= 4 is 5.97 Å². The zero-order chi connectivity index (χ0) is 11.8. The summed E-state index contributed by atoms with van der Waals surface area (Å²) in [6.45, 7) is 5.65. The molecule has 0 aromatic carbocycles. The molecule has 0 aromatic heterocycles. The van der Waals surface area contributed by atoms with E-state index in [4.69, 9.17) is 14.2 Å². The minimum absolute atomic E-state index is 0.0510. The number of ether oxygens (including phenoxy) is 3. The van der Waals surface area contributed by atoms with Crippen LogP contribution in [-0.4, -0.2) is 63.5 Å².